The number of nitrogens with zero attached hydrogens (tertiary/aromatic N) is 6. The summed E-state index contributed by atoms with van der Waals surface area (Å²) in [6, 6.07) is 46.0. The molecule has 4 heterocycles. The van der Waals surface area contributed by atoms with E-state index >= 15 is 0 Å². The smallest absolute Gasteiger partial charge is 0.252 e. The van der Waals surface area contributed by atoms with Crippen LogP contribution in [0.2, 0.25) is 0 Å². The molecule has 0 aliphatic carbocycles. The van der Waals surface area contributed by atoms with E-state index in [1.54, 1.807) is 18.2 Å². The molecule has 6 nitrogen and oxygen atoms in total. The van der Waals surface area contributed by atoms with Gasteiger partial charge in [0, 0.05) is 67.0 Å². The van der Waals surface area contributed by atoms with E-state index in [0.29, 0.717) is 67.1 Å². The highest BCUT2D eigenvalue weighted by atomic mass is 15.2. The van der Waals surface area contributed by atoms with Gasteiger partial charge >= 0.3 is 0 Å². The molecular weight excluding hydrogens is 1280 g/mol. The zero-order valence-electron chi connectivity index (χ0n) is 82.7. The first-order valence-corrected chi connectivity index (χ1v) is 35.2. The topological polar surface area (TPSA) is 50.1 Å². The van der Waals surface area contributed by atoms with Crippen molar-refractivity contribution >= 4 is 79.0 Å². The zero-order chi connectivity index (χ0) is 92.2. The minimum atomic E-state index is -0.965. The molecule has 510 valence electrons. The molecule has 0 saturated carbocycles. The molecule has 0 fully saturated rings. The van der Waals surface area contributed by atoms with Crippen LogP contribution in [-0.2, 0) is 16.2 Å². The fourth-order valence-electron chi connectivity index (χ4n) is 14.8. The number of fused-ring (bicyclic) bond motifs is 7. The van der Waals surface area contributed by atoms with E-state index in [0.717, 1.165) is 38.9 Å². The van der Waals surface area contributed by atoms with Gasteiger partial charge in [-0.25, -0.2) is 15.0 Å². The maximum absolute atomic E-state index is 9.87. The average molecular weight is 1390 g/mol. The summed E-state index contributed by atoms with van der Waals surface area (Å²) in [6.07, 6.45) is 0. The summed E-state index contributed by atoms with van der Waals surface area (Å²) in [7, 11) is 0. The van der Waals surface area contributed by atoms with Crippen LogP contribution in [0.5, 0.6) is 0 Å². The molecule has 106 heavy (non-hydrogen) atoms. The molecule has 2 aliphatic heterocycles. The van der Waals surface area contributed by atoms with Crippen molar-refractivity contribution in [1.29, 1.82) is 0 Å². The highest BCUT2D eigenvalue weighted by Crippen LogP contribution is 2.54. The van der Waals surface area contributed by atoms with Gasteiger partial charge in [-0.15, -0.1) is 0 Å². The number of rotatable bonds is 11. The van der Waals surface area contributed by atoms with Gasteiger partial charge in [0.15, 0.2) is 17.5 Å². The summed E-state index contributed by atoms with van der Waals surface area (Å²) < 4.78 is 217. The summed E-state index contributed by atoms with van der Waals surface area (Å²) in [4.78, 5) is 19.5. The van der Waals surface area contributed by atoms with E-state index in [4.69, 9.17) is 27.3 Å². The van der Waals surface area contributed by atoms with Gasteiger partial charge in [-0.1, -0.05) is 323 Å². The van der Waals surface area contributed by atoms with Crippen LogP contribution < -0.4 is 26.2 Å². The first-order chi connectivity index (χ1) is 61.0. The molecule has 0 atom stereocenters. The van der Waals surface area contributed by atoms with Gasteiger partial charge < -0.3 is 14.4 Å². The largest absolute Gasteiger partial charge is 0.311 e. The summed E-state index contributed by atoms with van der Waals surface area (Å²) >= 11 is 0. The lowest BCUT2D eigenvalue weighted by Gasteiger charge is -2.46. The molecule has 0 bridgehead atoms. The molecule has 0 N–H and O–H groups in total. The maximum Gasteiger partial charge on any atom is 0.252 e. The third-order valence-corrected chi connectivity index (χ3v) is 20.2. The fraction of sp³-hybridized carbons (Fsp3) is 0.121. The Hall–Kier alpha value is -12.4. The van der Waals surface area contributed by atoms with Crippen molar-refractivity contribution in [3.05, 3.63) is 344 Å². The van der Waals surface area contributed by atoms with Crippen molar-refractivity contribution in [2.24, 2.45) is 0 Å². The number of hydrogen-bond acceptors (Lipinski definition) is 5. The number of aromatic nitrogens is 4. The van der Waals surface area contributed by atoms with Crippen LogP contribution in [-0.4, -0.2) is 26.2 Å². The van der Waals surface area contributed by atoms with Crippen molar-refractivity contribution in [3.8, 4) is 95.5 Å². The molecule has 2 aliphatic rings. The molecule has 7 heteroatoms. The van der Waals surface area contributed by atoms with E-state index in [1.807, 2.05) is 159 Å². The van der Waals surface area contributed by atoms with Crippen molar-refractivity contribution < 1.29 is 31.5 Å². The van der Waals surface area contributed by atoms with Crippen molar-refractivity contribution in [2.75, 3.05) is 9.80 Å². The Morgan fingerprint density at radius 2 is 0.717 bits per heavy atom. The molecule has 0 unspecified atom stereocenters. The highest BCUT2D eigenvalue weighted by Gasteiger charge is 2.46. The van der Waals surface area contributed by atoms with E-state index in [1.165, 1.54) is 4.57 Å². The van der Waals surface area contributed by atoms with Gasteiger partial charge in [0.05, 0.1) is 53.9 Å². The second-order valence-electron chi connectivity index (χ2n) is 29.9. The lowest BCUT2D eigenvalue weighted by Crippen LogP contribution is -2.61. The van der Waals surface area contributed by atoms with Crippen LogP contribution in [0.4, 0.5) is 34.1 Å². The van der Waals surface area contributed by atoms with E-state index in [-0.39, 0.29) is 55.7 Å². The standard InChI is InChI=1S/C99H81BN6/c1-97(2,3)74-54-72(55-75(60-74)98(4,5)6)73-58-90-92-91(59-73)106(93-81(67-38-22-13-23-39-67)61-76(99(7,8)9)62-82(93)96-102-94(68-40-24-14-25-41-68)101-95(103-96)69-42-26-15-27-43-69)88-57-71(65-34-18-11-19-35-65)48-51-83(88)100(92)84-52-50-77(104-85-46-30-28-44-78(85)79-45-29-31-47-86(79)104)63-89(84)105(90)87-53-49-70(64-32-16-10-17-33-64)56-80(87)66-36-20-12-21-37-66/h10-63H,1-9H3/i11D,14D,15D,18D,19D,24D,25D,26D,27D,28D,29D,30D,31D,34D,35D,40D,41D,42D,43D,44D,45D,46D,47D. The molecule has 14 aromatic carbocycles. The van der Waals surface area contributed by atoms with Crippen molar-refractivity contribution in [2.45, 2.75) is 78.6 Å². The average Bonchev–Trinajstić information content (AvgIpc) is 1.68. The normalized spacial score (nSPS) is 15.7. The van der Waals surface area contributed by atoms with Crippen LogP contribution in [0.25, 0.3) is 117 Å². The van der Waals surface area contributed by atoms with Gasteiger partial charge in [0.2, 0.25) is 0 Å². The molecule has 0 spiro atoms. The van der Waals surface area contributed by atoms with E-state index in [2.05, 4.69) is 82.8 Å². The Labute approximate surface area is 655 Å². The fourth-order valence-corrected chi connectivity index (χ4v) is 14.8. The van der Waals surface area contributed by atoms with Crippen LogP contribution in [0.1, 0.15) is 111 Å². The summed E-state index contributed by atoms with van der Waals surface area (Å²) in [6.45, 7) is 17.9. The first kappa shape index (κ1) is 44.9. The molecule has 0 radical (unpaired) electrons. The van der Waals surface area contributed by atoms with Crippen LogP contribution in [0.15, 0.2) is 327 Å². The molecule has 0 saturated heterocycles. The van der Waals surface area contributed by atoms with E-state index in [9.17, 15) is 19.2 Å². The molecule has 18 rings (SSSR count). The number of para-hydroxylation sites is 2. The van der Waals surface area contributed by atoms with Gasteiger partial charge in [0.25, 0.3) is 6.71 Å². The molecular formula is C99H81BN6. The number of anilines is 6. The van der Waals surface area contributed by atoms with Gasteiger partial charge in [-0.3, -0.25) is 0 Å². The Balaban J connectivity index is 1.09. The van der Waals surface area contributed by atoms with Gasteiger partial charge in [-0.2, -0.15) is 0 Å². The predicted molar refractivity (Wildman–Crippen MR) is 448 cm³/mol. The van der Waals surface area contributed by atoms with Crippen LogP contribution >= 0.6 is 0 Å². The lowest BCUT2D eigenvalue weighted by molar-refractivity contribution is 0.569. The van der Waals surface area contributed by atoms with E-state index < -0.39 is 185 Å². The molecule has 0 amide bonds. The summed E-state index contributed by atoms with van der Waals surface area (Å²) in [5, 5.41) is -0.276. The third-order valence-electron chi connectivity index (χ3n) is 20.2. The van der Waals surface area contributed by atoms with Gasteiger partial charge in [-0.05, 0) is 161 Å². The van der Waals surface area contributed by atoms with Gasteiger partial charge in [0.1, 0.15) is 0 Å². The zero-order valence-corrected chi connectivity index (χ0v) is 59.7. The molecule has 16 aromatic rings. The lowest BCUT2D eigenvalue weighted by atomic mass is 9.33. The minimum absolute atomic E-state index is 0.124. The number of benzene rings is 14. The predicted octanol–water partition coefficient (Wildman–Crippen LogP) is 24.3. The van der Waals surface area contributed by atoms with Crippen molar-refractivity contribution in [3.63, 3.8) is 0 Å². The Morgan fingerprint density at radius 1 is 0.292 bits per heavy atom. The van der Waals surface area contributed by atoms with Crippen LogP contribution in [0, 0.1) is 0 Å². The van der Waals surface area contributed by atoms with Crippen molar-refractivity contribution in [1.82, 2.24) is 19.5 Å². The Kier molecular flexibility index (Phi) is 10.9. The van der Waals surface area contributed by atoms with Crippen LogP contribution in [0.3, 0.4) is 0 Å². The third kappa shape index (κ3) is 11.6. The quantitative estimate of drug-likeness (QED) is 0.121. The molecule has 2 aromatic heterocycles. The first-order valence-electron chi connectivity index (χ1n) is 46.7. The summed E-state index contributed by atoms with van der Waals surface area (Å²) in [5.74, 6) is -1.37. The minimum Gasteiger partial charge on any atom is -0.311 e. The summed E-state index contributed by atoms with van der Waals surface area (Å²) in [5.41, 5.74) is 9.95. The maximum atomic E-state index is 9.87. The highest BCUT2D eigenvalue weighted by molar-refractivity contribution is 7.00. The number of hydrogen-bond donors (Lipinski definition) is 0. The Morgan fingerprint density at radius 3 is 1.27 bits per heavy atom. The second kappa shape index (κ2) is 25.8. The second-order valence-corrected chi connectivity index (χ2v) is 29.9. The Bertz CT molecular complexity index is 7270. The monoisotopic (exact) mass is 1390 g/mol. The SMILES string of the molecule is [2H]c1c([2H])c([2H])c(-c2ccc3c(c2)N(c2c(-c4ccccc4)cc(C(C)(C)C)cc2-c2nc(-c4c([2H])c([2H])c([2H])c([2H])c4[2H])nc(-c4c([2H])c([2H])c([2H])c([2H])c4[2H])n2)c2cc(-c4cc(C(C)(C)C)cc(C(C)(C)C)c4)cc4c2B3c2ccc(-n3c5c([2H])c([2H])c([2H])c([2H])c5c5c([2H])c([2H])c([2H])c([2H])c53)cc2N4c2ccc(-c3ccccc3)cc2-c2ccccc2)c([2H])c1[2H].